The van der Waals surface area contributed by atoms with E-state index in [1.165, 1.54) is 14.2 Å². The monoisotopic (exact) mass is 454 g/mol. The van der Waals surface area contributed by atoms with Gasteiger partial charge < -0.3 is 18.9 Å². The molecule has 0 radical (unpaired) electrons. The van der Waals surface area contributed by atoms with Gasteiger partial charge in [-0.15, -0.1) is 0 Å². The fraction of sp³-hybridized carbons (Fsp3) is 0.227. The number of methoxy groups -OCH3 is 2. The Bertz CT molecular complexity index is 1110. The van der Waals surface area contributed by atoms with Gasteiger partial charge in [-0.2, -0.15) is 13.2 Å². The molecule has 0 aromatic heterocycles. The average Bonchev–Trinajstić information content (AvgIpc) is 2.73. The van der Waals surface area contributed by atoms with Crippen LogP contribution in [-0.4, -0.2) is 26.3 Å². The molecule has 3 rings (SSSR count). The molecular weight excluding hydrogens is 437 g/mol. The molecule has 0 saturated heterocycles. The van der Waals surface area contributed by atoms with E-state index in [1.807, 2.05) is 0 Å². The normalized spacial score (nSPS) is 12.4. The van der Waals surface area contributed by atoms with Crippen molar-refractivity contribution in [3.63, 3.8) is 0 Å². The highest BCUT2D eigenvalue weighted by Gasteiger charge is 2.33. The van der Waals surface area contributed by atoms with Gasteiger partial charge in [0, 0.05) is 0 Å². The lowest BCUT2D eigenvalue weighted by Gasteiger charge is -2.16. The second kappa shape index (κ2) is 8.93. The summed E-state index contributed by atoms with van der Waals surface area (Å²) >= 11 is 6.04. The predicted molar refractivity (Wildman–Crippen MR) is 109 cm³/mol. The van der Waals surface area contributed by atoms with Gasteiger partial charge in [0.15, 0.2) is 17.6 Å². The van der Waals surface area contributed by atoms with Crippen molar-refractivity contribution in [1.29, 1.82) is 0 Å². The molecular formula is C22H18ClF3O5. The van der Waals surface area contributed by atoms with Crippen LogP contribution in [0.1, 0.15) is 12.5 Å². The summed E-state index contributed by atoms with van der Waals surface area (Å²) in [7, 11) is 2.50. The van der Waals surface area contributed by atoms with Gasteiger partial charge in [0.05, 0.1) is 24.8 Å². The summed E-state index contributed by atoms with van der Waals surface area (Å²) in [6.07, 6.45) is -5.37. The highest BCUT2D eigenvalue weighted by atomic mass is 35.5. The highest BCUT2D eigenvalue weighted by molar-refractivity contribution is 6.32. The first-order valence-electron chi connectivity index (χ1n) is 9.03. The number of carbonyl (C=O) groups excluding carboxylic acids is 1. The molecule has 0 spiro atoms. The Kier molecular flexibility index (Phi) is 6.50. The minimum absolute atomic E-state index is 0.0387. The molecule has 0 heterocycles. The molecule has 0 aliphatic heterocycles. The van der Waals surface area contributed by atoms with Crippen LogP contribution in [0.15, 0.2) is 48.5 Å². The summed E-state index contributed by atoms with van der Waals surface area (Å²) in [6, 6.07) is 11.9. The Morgan fingerprint density at radius 3 is 2.23 bits per heavy atom. The van der Waals surface area contributed by atoms with E-state index in [1.54, 1.807) is 43.3 Å². The van der Waals surface area contributed by atoms with Crippen molar-refractivity contribution in [1.82, 2.24) is 0 Å². The third kappa shape index (κ3) is 5.14. The number of esters is 1. The molecule has 31 heavy (non-hydrogen) atoms. The quantitative estimate of drug-likeness (QED) is 0.412. The number of benzene rings is 3. The van der Waals surface area contributed by atoms with Crippen LogP contribution in [0.25, 0.3) is 10.8 Å². The van der Waals surface area contributed by atoms with E-state index in [4.69, 9.17) is 25.8 Å². The number of hydrogen-bond acceptors (Lipinski definition) is 5. The fourth-order valence-corrected chi connectivity index (χ4v) is 3.11. The molecule has 0 N–H and O–H groups in total. The van der Waals surface area contributed by atoms with E-state index < -0.39 is 23.8 Å². The zero-order valence-corrected chi connectivity index (χ0v) is 17.5. The number of carbonyl (C=O) groups is 1. The van der Waals surface area contributed by atoms with Crippen LogP contribution in [0.4, 0.5) is 13.2 Å². The van der Waals surface area contributed by atoms with E-state index in [0.29, 0.717) is 16.9 Å². The van der Waals surface area contributed by atoms with Crippen molar-refractivity contribution in [3.05, 3.63) is 59.1 Å². The summed E-state index contributed by atoms with van der Waals surface area (Å²) in [5.74, 6) is 0.0617. The smallest absolute Gasteiger partial charge is 0.416 e. The van der Waals surface area contributed by atoms with Crippen molar-refractivity contribution in [2.45, 2.75) is 19.2 Å². The molecule has 0 amide bonds. The lowest BCUT2D eigenvalue weighted by atomic mass is 10.1. The minimum Gasteiger partial charge on any atom is -0.493 e. The molecule has 9 heteroatoms. The first-order chi connectivity index (χ1) is 14.6. The number of halogens is 4. The summed E-state index contributed by atoms with van der Waals surface area (Å²) in [4.78, 5) is 11.6. The summed E-state index contributed by atoms with van der Waals surface area (Å²) in [5.41, 5.74) is -0.943. The molecule has 1 unspecified atom stereocenters. The van der Waals surface area contributed by atoms with Crippen molar-refractivity contribution in [2.75, 3.05) is 14.2 Å². The van der Waals surface area contributed by atoms with Gasteiger partial charge in [-0.3, -0.25) is 0 Å². The minimum atomic E-state index is -4.57. The Morgan fingerprint density at radius 2 is 1.61 bits per heavy atom. The Labute approximate surface area is 181 Å². The maximum Gasteiger partial charge on any atom is 0.416 e. The van der Waals surface area contributed by atoms with E-state index in [9.17, 15) is 18.0 Å². The molecule has 0 aliphatic rings. The van der Waals surface area contributed by atoms with Gasteiger partial charge in [0.2, 0.25) is 0 Å². The topological polar surface area (TPSA) is 54.0 Å². The highest BCUT2D eigenvalue weighted by Crippen LogP contribution is 2.43. The van der Waals surface area contributed by atoms with E-state index >= 15 is 0 Å². The second-order valence-electron chi connectivity index (χ2n) is 6.54. The van der Waals surface area contributed by atoms with Gasteiger partial charge in [0.1, 0.15) is 11.5 Å². The lowest BCUT2D eigenvalue weighted by molar-refractivity contribution is -0.147. The van der Waals surface area contributed by atoms with Crippen molar-refractivity contribution in [3.8, 4) is 23.0 Å². The van der Waals surface area contributed by atoms with E-state index in [0.717, 1.165) is 17.5 Å². The number of rotatable bonds is 6. The van der Waals surface area contributed by atoms with Gasteiger partial charge in [-0.25, -0.2) is 4.79 Å². The molecule has 0 bridgehead atoms. The Hall–Kier alpha value is -3.13. The van der Waals surface area contributed by atoms with Gasteiger partial charge in [-0.05, 0) is 54.1 Å². The van der Waals surface area contributed by atoms with E-state index in [-0.39, 0.29) is 16.5 Å². The zero-order valence-electron chi connectivity index (χ0n) is 16.7. The van der Waals surface area contributed by atoms with Gasteiger partial charge >= 0.3 is 12.1 Å². The number of ether oxygens (including phenoxy) is 4. The zero-order chi connectivity index (χ0) is 22.8. The van der Waals surface area contributed by atoms with Crippen LogP contribution in [0.2, 0.25) is 5.02 Å². The molecule has 0 saturated carbocycles. The number of hydrogen-bond donors (Lipinski definition) is 0. The standard InChI is InChI=1S/C22H18ClF3O5/c1-12(21(27)29-3)30-16-6-4-13-5-7-17(9-14(13)8-16)31-20-18(23)10-15(22(24,25)26)11-19(20)28-2/h4-12H,1-3H3. The molecule has 3 aromatic rings. The van der Waals surface area contributed by atoms with Crippen LogP contribution in [-0.2, 0) is 15.7 Å². The van der Waals surface area contributed by atoms with Gasteiger partial charge in [0.25, 0.3) is 0 Å². The first kappa shape index (κ1) is 22.6. The first-order valence-corrected chi connectivity index (χ1v) is 9.41. The van der Waals surface area contributed by atoms with Gasteiger partial charge in [-0.1, -0.05) is 23.7 Å². The maximum absolute atomic E-state index is 13.0. The third-order valence-corrected chi connectivity index (χ3v) is 4.69. The summed E-state index contributed by atoms with van der Waals surface area (Å²) in [6.45, 7) is 1.56. The third-order valence-electron chi connectivity index (χ3n) is 4.41. The number of alkyl halides is 3. The maximum atomic E-state index is 13.0. The molecule has 164 valence electrons. The molecule has 3 aromatic carbocycles. The van der Waals surface area contributed by atoms with Crippen molar-refractivity contribution in [2.24, 2.45) is 0 Å². The van der Waals surface area contributed by atoms with Crippen LogP contribution in [0.3, 0.4) is 0 Å². The largest absolute Gasteiger partial charge is 0.493 e. The second-order valence-corrected chi connectivity index (χ2v) is 6.95. The molecule has 5 nitrogen and oxygen atoms in total. The molecule has 0 fully saturated rings. The SMILES string of the molecule is COC(=O)C(C)Oc1ccc2ccc(Oc3c(Cl)cc(C(F)(F)F)cc3OC)cc2c1. The average molecular weight is 455 g/mol. The predicted octanol–water partition coefficient (Wildman–Crippen LogP) is 6.25. The Morgan fingerprint density at radius 1 is 0.968 bits per heavy atom. The van der Waals surface area contributed by atoms with E-state index in [2.05, 4.69) is 4.74 Å². The van der Waals surface area contributed by atoms with Crippen LogP contribution >= 0.6 is 11.6 Å². The summed E-state index contributed by atoms with van der Waals surface area (Å²) < 4.78 is 60.1. The van der Waals surface area contributed by atoms with Crippen LogP contribution in [0.5, 0.6) is 23.0 Å². The van der Waals surface area contributed by atoms with Crippen LogP contribution in [0, 0.1) is 0 Å². The lowest BCUT2D eigenvalue weighted by Crippen LogP contribution is -2.24. The number of fused-ring (bicyclic) bond motifs is 1. The Balaban J connectivity index is 1.92. The fourth-order valence-electron chi connectivity index (χ4n) is 2.86. The van der Waals surface area contributed by atoms with Crippen molar-refractivity contribution >= 4 is 28.3 Å². The molecule has 0 aliphatic carbocycles. The van der Waals surface area contributed by atoms with Crippen LogP contribution < -0.4 is 14.2 Å². The summed E-state index contributed by atoms with van der Waals surface area (Å²) in [5, 5.41) is 1.33. The van der Waals surface area contributed by atoms with Crippen molar-refractivity contribution < 1.29 is 36.9 Å². The molecule has 1 atom stereocenters.